The van der Waals surface area contributed by atoms with E-state index in [1.165, 1.54) is 30.0 Å². The van der Waals surface area contributed by atoms with Crippen molar-refractivity contribution in [2.24, 2.45) is 14.1 Å². The highest BCUT2D eigenvalue weighted by molar-refractivity contribution is 5.66. The van der Waals surface area contributed by atoms with Crippen molar-refractivity contribution in [2.45, 2.75) is 0 Å². The molecule has 0 fully saturated rings. The zero-order chi connectivity index (χ0) is 18.0. The van der Waals surface area contributed by atoms with Gasteiger partial charge in [-0.1, -0.05) is 5.16 Å². The van der Waals surface area contributed by atoms with Crippen molar-refractivity contribution < 1.29 is 9.26 Å². The number of methoxy groups -OCH3 is 1. The van der Waals surface area contributed by atoms with Crippen molar-refractivity contribution in [2.75, 3.05) is 7.11 Å². The van der Waals surface area contributed by atoms with Gasteiger partial charge in [0.05, 0.1) is 12.7 Å². The second kappa shape index (κ2) is 6.60. The Balaban J connectivity index is 1.87. The third kappa shape index (κ3) is 3.27. The highest BCUT2D eigenvalue weighted by Crippen LogP contribution is 2.20. The first-order chi connectivity index (χ1) is 12.0. The molecule has 0 spiro atoms. The number of ether oxygens (including phenoxy) is 1. The largest absolute Gasteiger partial charge is 0.497 e. The van der Waals surface area contributed by atoms with Crippen LogP contribution < -0.4 is 16.0 Å². The smallest absolute Gasteiger partial charge is 0.330 e. The molecular formula is C17H16N4O4. The third-order valence-corrected chi connectivity index (χ3v) is 3.67. The summed E-state index contributed by atoms with van der Waals surface area (Å²) in [6.45, 7) is 0. The summed E-state index contributed by atoms with van der Waals surface area (Å²) in [4.78, 5) is 28.0. The lowest BCUT2D eigenvalue weighted by atomic mass is 10.2. The molecule has 0 radical (unpaired) electrons. The maximum Gasteiger partial charge on any atom is 0.330 e. The number of hydrogen-bond acceptors (Lipinski definition) is 6. The van der Waals surface area contributed by atoms with Gasteiger partial charge in [-0.15, -0.1) is 0 Å². The fourth-order valence-electron chi connectivity index (χ4n) is 2.27. The normalized spacial score (nSPS) is 11.2. The topological polar surface area (TPSA) is 92.2 Å². The molecule has 2 aromatic heterocycles. The molecule has 3 rings (SSSR count). The molecular weight excluding hydrogens is 324 g/mol. The highest BCUT2D eigenvalue weighted by Gasteiger charge is 2.08. The summed E-state index contributed by atoms with van der Waals surface area (Å²) in [5, 5.41) is 3.91. The highest BCUT2D eigenvalue weighted by atomic mass is 16.5. The lowest BCUT2D eigenvalue weighted by Gasteiger charge is -2.02. The summed E-state index contributed by atoms with van der Waals surface area (Å²) in [5.74, 6) is 1.41. The number of hydrogen-bond donors (Lipinski definition) is 0. The van der Waals surface area contributed by atoms with Crippen molar-refractivity contribution in [3.8, 4) is 17.1 Å². The number of nitrogens with zero attached hydrogens (tertiary/aromatic N) is 4. The first-order valence-corrected chi connectivity index (χ1v) is 7.42. The maximum absolute atomic E-state index is 12.1. The Kier molecular flexibility index (Phi) is 4.34. The molecule has 0 bridgehead atoms. The Morgan fingerprint density at radius 2 is 1.84 bits per heavy atom. The van der Waals surface area contributed by atoms with Crippen molar-refractivity contribution in [3.05, 3.63) is 62.8 Å². The van der Waals surface area contributed by atoms with Gasteiger partial charge in [0.1, 0.15) is 5.75 Å². The van der Waals surface area contributed by atoms with E-state index >= 15 is 0 Å². The fourth-order valence-corrected chi connectivity index (χ4v) is 2.27. The standard InChI is InChI=1S/C17H16N4O4/c1-20-10-12(16(22)21(2)17(20)23)6-9-14-18-15(19-25-14)11-4-7-13(24-3)8-5-11/h4-10H,1-3H3. The van der Waals surface area contributed by atoms with E-state index in [0.29, 0.717) is 11.4 Å². The molecule has 0 N–H and O–H groups in total. The Bertz CT molecular complexity index is 1040. The lowest BCUT2D eigenvalue weighted by molar-refractivity contribution is 0.411. The molecule has 3 aromatic rings. The van der Waals surface area contributed by atoms with Crippen molar-refractivity contribution in [3.63, 3.8) is 0 Å². The van der Waals surface area contributed by atoms with Gasteiger partial charge in [-0.05, 0) is 30.3 Å². The predicted molar refractivity (Wildman–Crippen MR) is 92.1 cm³/mol. The van der Waals surface area contributed by atoms with Crippen LogP contribution in [0.3, 0.4) is 0 Å². The molecule has 8 heteroatoms. The molecule has 0 amide bonds. The van der Waals surface area contributed by atoms with Crippen LogP contribution in [0.4, 0.5) is 0 Å². The average molecular weight is 340 g/mol. The van der Waals surface area contributed by atoms with Crippen LogP contribution in [-0.4, -0.2) is 26.4 Å². The zero-order valence-corrected chi connectivity index (χ0v) is 14.0. The van der Waals surface area contributed by atoms with Crippen LogP contribution in [0.2, 0.25) is 0 Å². The van der Waals surface area contributed by atoms with Gasteiger partial charge in [0.2, 0.25) is 5.82 Å². The molecule has 0 aliphatic rings. The number of benzene rings is 1. The first-order valence-electron chi connectivity index (χ1n) is 7.42. The Morgan fingerprint density at radius 3 is 2.52 bits per heavy atom. The van der Waals surface area contributed by atoms with Crippen LogP contribution in [0.5, 0.6) is 5.75 Å². The van der Waals surface area contributed by atoms with Crippen molar-refractivity contribution in [1.29, 1.82) is 0 Å². The van der Waals surface area contributed by atoms with Crippen molar-refractivity contribution >= 4 is 12.2 Å². The number of aryl methyl sites for hydroxylation is 1. The monoisotopic (exact) mass is 340 g/mol. The molecule has 0 aliphatic carbocycles. The van der Waals surface area contributed by atoms with E-state index in [1.807, 2.05) is 12.1 Å². The van der Waals surface area contributed by atoms with Crippen LogP contribution in [0, 0.1) is 0 Å². The molecule has 8 nitrogen and oxygen atoms in total. The molecule has 0 atom stereocenters. The van der Waals surface area contributed by atoms with Crippen molar-refractivity contribution in [1.82, 2.24) is 19.3 Å². The van der Waals surface area contributed by atoms with Crippen LogP contribution in [-0.2, 0) is 14.1 Å². The SMILES string of the molecule is COc1ccc(-c2noc(C=Cc3cn(C)c(=O)n(C)c3=O)n2)cc1. The maximum atomic E-state index is 12.1. The zero-order valence-electron chi connectivity index (χ0n) is 14.0. The quantitative estimate of drug-likeness (QED) is 0.711. The van der Waals surface area contributed by atoms with E-state index in [0.717, 1.165) is 15.9 Å². The first kappa shape index (κ1) is 16.4. The summed E-state index contributed by atoms with van der Waals surface area (Å²) in [6, 6.07) is 7.24. The summed E-state index contributed by atoms with van der Waals surface area (Å²) in [6.07, 6.45) is 4.52. The molecule has 0 saturated heterocycles. The molecule has 1 aromatic carbocycles. The summed E-state index contributed by atoms with van der Waals surface area (Å²) in [5.41, 5.74) is 0.340. The van der Waals surface area contributed by atoms with Crippen LogP contribution >= 0.6 is 0 Å². The summed E-state index contributed by atoms with van der Waals surface area (Å²) < 4.78 is 12.6. The third-order valence-electron chi connectivity index (χ3n) is 3.67. The second-order valence-electron chi connectivity index (χ2n) is 5.36. The molecule has 0 unspecified atom stereocenters. The number of rotatable bonds is 4. The molecule has 0 aliphatic heterocycles. The second-order valence-corrected chi connectivity index (χ2v) is 5.36. The Hall–Kier alpha value is -3.42. The number of aromatic nitrogens is 4. The summed E-state index contributed by atoms with van der Waals surface area (Å²) >= 11 is 0. The summed E-state index contributed by atoms with van der Waals surface area (Å²) in [7, 11) is 4.60. The van der Waals surface area contributed by atoms with Gasteiger partial charge in [0, 0.05) is 31.9 Å². The minimum Gasteiger partial charge on any atom is -0.497 e. The average Bonchev–Trinajstić information content (AvgIpc) is 3.11. The Labute approximate surface area is 142 Å². The lowest BCUT2D eigenvalue weighted by Crippen LogP contribution is -2.37. The van der Waals surface area contributed by atoms with Gasteiger partial charge in [0.25, 0.3) is 11.4 Å². The van der Waals surface area contributed by atoms with Gasteiger partial charge >= 0.3 is 5.69 Å². The molecule has 0 saturated carbocycles. The van der Waals surface area contributed by atoms with Crippen LogP contribution in [0.15, 0.2) is 44.6 Å². The fraction of sp³-hybridized carbons (Fsp3) is 0.176. The van der Waals surface area contributed by atoms with Gasteiger partial charge < -0.3 is 13.8 Å². The van der Waals surface area contributed by atoms with Gasteiger partial charge in [0.15, 0.2) is 0 Å². The van der Waals surface area contributed by atoms with E-state index < -0.39 is 5.56 Å². The molecule has 25 heavy (non-hydrogen) atoms. The minimum atomic E-state index is -0.394. The van der Waals surface area contributed by atoms with Gasteiger partial charge in [-0.3, -0.25) is 9.36 Å². The molecule has 128 valence electrons. The van der Waals surface area contributed by atoms with E-state index in [2.05, 4.69) is 10.1 Å². The van der Waals surface area contributed by atoms with E-state index in [9.17, 15) is 9.59 Å². The van der Waals surface area contributed by atoms with Crippen LogP contribution in [0.25, 0.3) is 23.5 Å². The van der Waals surface area contributed by atoms with Gasteiger partial charge in [-0.2, -0.15) is 4.98 Å². The minimum absolute atomic E-state index is 0.252. The van der Waals surface area contributed by atoms with Crippen LogP contribution in [0.1, 0.15) is 11.5 Å². The molecule has 2 heterocycles. The Morgan fingerprint density at radius 1 is 1.12 bits per heavy atom. The predicted octanol–water partition coefficient (Wildman–Crippen LogP) is 1.31. The van der Waals surface area contributed by atoms with E-state index in [-0.39, 0.29) is 11.6 Å². The van der Waals surface area contributed by atoms with Gasteiger partial charge in [-0.25, -0.2) is 4.79 Å². The van der Waals surface area contributed by atoms with E-state index in [4.69, 9.17) is 9.26 Å². The van der Waals surface area contributed by atoms with E-state index in [1.54, 1.807) is 26.3 Å².